The molecular weight excluding hydrogens is 254 g/mol. The van der Waals surface area contributed by atoms with Crippen LogP contribution in [0.1, 0.15) is 31.4 Å². The van der Waals surface area contributed by atoms with Crippen LogP contribution in [0.25, 0.3) is 6.08 Å². The van der Waals surface area contributed by atoms with Crippen molar-refractivity contribution in [3.63, 3.8) is 0 Å². The van der Waals surface area contributed by atoms with Gasteiger partial charge in [0, 0.05) is 11.6 Å². The zero-order valence-electron chi connectivity index (χ0n) is 12.7. The summed E-state index contributed by atoms with van der Waals surface area (Å²) in [5, 5.41) is 0. The van der Waals surface area contributed by atoms with Gasteiger partial charge in [-0.3, -0.25) is 4.99 Å². The van der Waals surface area contributed by atoms with Gasteiger partial charge >= 0.3 is 0 Å². The third-order valence-corrected chi connectivity index (χ3v) is 4.17. The summed E-state index contributed by atoms with van der Waals surface area (Å²) in [4.78, 5) is 4.64. The van der Waals surface area contributed by atoms with Crippen LogP contribution in [-0.2, 0) is 6.42 Å². The van der Waals surface area contributed by atoms with Gasteiger partial charge in [-0.15, -0.1) is 0 Å². The number of benzene rings is 2. The number of aryl methyl sites for hydroxylation is 1. The molecule has 1 nitrogen and oxygen atoms in total. The van der Waals surface area contributed by atoms with Crippen LogP contribution < -0.4 is 0 Å². The molecule has 0 unspecified atom stereocenters. The van der Waals surface area contributed by atoms with Crippen molar-refractivity contribution in [2.75, 3.05) is 0 Å². The molecule has 1 aliphatic carbocycles. The van der Waals surface area contributed by atoms with Crippen molar-refractivity contribution in [3.8, 4) is 0 Å². The molecule has 1 heteroatoms. The van der Waals surface area contributed by atoms with Gasteiger partial charge in [-0.2, -0.15) is 0 Å². The van der Waals surface area contributed by atoms with Crippen LogP contribution in [0.2, 0.25) is 0 Å². The second-order valence-corrected chi connectivity index (χ2v) is 6.18. The van der Waals surface area contributed by atoms with Crippen molar-refractivity contribution in [1.29, 1.82) is 0 Å². The van der Waals surface area contributed by atoms with E-state index in [2.05, 4.69) is 55.4 Å². The molecule has 1 aliphatic rings. The minimum atomic E-state index is -0.0105. The molecule has 0 aromatic heterocycles. The number of aliphatic imine (C=N–C) groups is 1. The average Bonchev–Trinajstić information content (AvgIpc) is 2.53. The minimum Gasteiger partial charge on any atom is -0.260 e. The summed E-state index contributed by atoms with van der Waals surface area (Å²) < 4.78 is 0. The standard InChI is InChI=1S/C20H21N/c1-20(2,15-21-19-10-4-3-5-11-19)18-13-12-16-8-6-7-9-17(16)14-18/h3-11,14-15H,12-13H2,1-2H3. The molecule has 0 radical (unpaired) electrons. The van der Waals surface area contributed by atoms with Crippen molar-refractivity contribution in [1.82, 2.24) is 0 Å². The van der Waals surface area contributed by atoms with Gasteiger partial charge in [0.05, 0.1) is 5.69 Å². The quantitative estimate of drug-likeness (QED) is 0.661. The lowest BCUT2D eigenvalue weighted by Crippen LogP contribution is -2.19. The molecule has 0 amide bonds. The Labute approximate surface area is 127 Å². The number of fused-ring (bicyclic) bond motifs is 1. The monoisotopic (exact) mass is 275 g/mol. The number of hydrogen-bond donors (Lipinski definition) is 0. The Morgan fingerprint density at radius 3 is 2.43 bits per heavy atom. The van der Waals surface area contributed by atoms with Crippen molar-refractivity contribution in [2.45, 2.75) is 26.7 Å². The Bertz CT molecular complexity index is 678. The third-order valence-electron chi connectivity index (χ3n) is 4.17. The molecule has 0 heterocycles. The Hall–Kier alpha value is -2.15. The highest BCUT2D eigenvalue weighted by atomic mass is 14.7. The van der Waals surface area contributed by atoms with Crippen LogP contribution in [0.4, 0.5) is 5.69 Å². The molecule has 106 valence electrons. The molecule has 3 rings (SSSR count). The second-order valence-electron chi connectivity index (χ2n) is 6.18. The van der Waals surface area contributed by atoms with E-state index in [1.807, 2.05) is 30.3 Å². The van der Waals surface area contributed by atoms with E-state index in [0.29, 0.717) is 0 Å². The van der Waals surface area contributed by atoms with Gasteiger partial charge in [-0.05, 0) is 36.1 Å². The van der Waals surface area contributed by atoms with Crippen LogP contribution >= 0.6 is 0 Å². The summed E-state index contributed by atoms with van der Waals surface area (Å²) in [5.41, 5.74) is 5.28. The van der Waals surface area contributed by atoms with E-state index in [0.717, 1.165) is 18.5 Å². The molecule has 0 aliphatic heterocycles. The number of hydrogen-bond acceptors (Lipinski definition) is 1. The number of nitrogens with zero attached hydrogens (tertiary/aromatic N) is 1. The molecule has 0 saturated heterocycles. The zero-order chi connectivity index (χ0) is 14.7. The average molecular weight is 275 g/mol. The molecule has 21 heavy (non-hydrogen) atoms. The highest BCUT2D eigenvalue weighted by Crippen LogP contribution is 2.35. The summed E-state index contributed by atoms with van der Waals surface area (Å²) in [7, 11) is 0. The first kappa shape index (κ1) is 13.8. The second kappa shape index (κ2) is 5.69. The fourth-order valence-corrected chi connectivity index (χ4v) is 2.77. The van der Waals surface area contributed by atoms with Gasteiger partial charge in [0.25, 0.3) is 0 Å². The van der Waals surface area contributed by atoms with Crippen LogP contribution in [0.15, 0.2) is 65.2 Å². The van der Waals surface area contributed by atoms with E-state index in [9.17, 15) is 0 Å². The van der Waals surface area contributed by atoms with Crippen molar-refractivity contribution in [2.24, 2.45) is 10.4 Å². The highest BCUT2D eigenvalue weighted by Gasteiger charge is 2.23. The summed E-state index contributed by atoms with van der Waals surface area (Å²) in [6, 6.07) is 18.8. The molecule has 0 bridgehead atoms. The fraction of sp³-hybridized carbons (Fsp3) is 0.250. The Morgan fingerprint density at radius 1 is 0.905 bits per heavy atom. The number of allylic oxidation sites excluding steroid dienone is 1. The van der Waals surface area contributed by atoms with Gasteiger partial charge in [0.1, 0.15) is 0 Å². The van der Waals surface area contributed by atoms with E-state index in [-0.39, 0.29) is 5.41 Å². The van der Waals surface area contributed by atoms with Crippen molar-refractivity contribution < 1.29 is 0 Å². The van der Waals surface area contributed by atoms with Gasteiger partial charge in [0.15, 0.2) is 0 Å². The summed E-state index contributed by atoms with van der Waals surface area (Å²) in [6.07, 6.45) is 6.67. The Morgan fingerprint density at radius 2 is 1.62 bits per heavy atom. The predicted octanol–water partition coefficient (Wildman–Crippen LogP) is 5.44. The van der Waals surface area contributed by atoms with Crippen molar-refractivity contribution in [3.05, 3.63) is 71.3 Å². The van der Waals surface area contributed by atoms with Crippen LogP contribution in [0, 0.1) is 5.41 Å². The molecule has 0 N–H and O–H groups in total. The smallest absolute Gasteiger partial charge is 0.0626 e. The third kappa shape index (κ3) is 3.13. The number of rotatable bonds is 3. The topological polar surface area (TPSA) is 12.4 Å². The maximum atomic E-state index is 4.64. The predicted molar refractivity (Wildman–Crippen MR) is 91.1 cm³/mol. The molecule has 0 atom stereocenters. The normalized spacial score (nSPS) is 14.9. The van der Waals surface area contributed by atoms with Gasteiger partial charge in [-0.25, -0.2) is 0 Å². The first-order valence-corrected chi connectivity index (χ1v) is 7.54. The summed E-state index contributed by atoms with van der Waals surface area (Å²) in [6.45, 7) is 4.50. The molecule has 0 fully saturated rings. The SMILES string of the molecule is CC(C)(C=Nc1ccccc1)C1=Cc2ccccc2CC1. The van der Waals surface area contributed by atoms with E-state index in [1.165, 1.54) is 16.7 Å². The largest absolute Gasteiger partial charge is 0.260 e. The lowest BCUT2D eigenvalue weighted by molar-refractivity contribution is 0.607. The van der Waals surface area contributed by atoms with Crippen LogP contribution in [-0.4, -0.2) is 6.21 Å². The summed E-state index contributed by atoms with van der Waals surface area (Å²) >= 11 is 0. The molecule has 2 aromatic rings. The van der Waals surface area contributed by atoms with Crippen molar-refractivity contribution >= 4 is 18.0 Å². The molecule has 0 spiro atoms. The van der Waals surface area contributed by atoms with Gasteiger partial charge in [-0.1, -0.05) is 68.0 Å². The molecule has 0 saturated carbocycles. The van der Waals surface area contributed by atoms with E-state index < -0.39 is 0 Å². The first-order chi connectivity index (χ1) is 10.1. The summed E-state index contributed by atoms with van der Waals surface area (Å²) in [5.74, 6) is 0. The lowest BCUT2D eigenvalue weighted by Gasteiger charge is -2.27. The van der Waals surface area contributed by atoms with Gasteiger partial charge < -0.3 is 0 Å². The maximum Gasteiger partial charge on any atom is 0.0626 e. The van der Waals surface area contributed by atoms with Crippen LogP contribution in [0.5, 0.6) is 0 Å². The van der Waals surface area contributed by atoms with E-state index >= 15 is 0 Å². The fourth-order valence-electron chi connectivity index (χ4n) is 2.77. The zero-order valence-corrected chi connectivity index (χ0v) is 12.7. The van der Waals surface area contributed by atoms with E-state index in [4.69, 9.17) is 0 Å². The Balaban J connectivity index is 1.86. The minimum absolute atomic E-state index is 0.0105. The van der Waals surface area contributed by atoms with E-state index in [1.54, 1.807) is 0 Å². The highest BCUT2D eigenvalue weighted by molar-refractivity contribution is 5.76. The van der Waals surface area contributed by atoms with Gasteiger partial charge in [0.2, 0.25) is 0 Å². The first-order valence-electron chi connectivity index (χ1n) is 7.54. The van der Waals surface area contributed by atoms with Crippen LogP contribution in [0.3, 0.4) is 0 Å². The maximum absolute atomic E-state index is 4.64. The number of para-hydroxylation sites is 1. The molecular formula is C20H21N. The Kier molecular flexibility index (Phi) is 3.74. The molecule has 2 aromatic carbocycles. The lowest BCUT2D eigenvalue weighted by atomic mass is 9.78.